The van der Waals surface area contributed by atoms with E-state index in [2.05, 4.69) is 99.9 Å². The Morgan fingerprint density at radius 3 is 2.15 bits per heavy atom. The molecular formula is C33H33N5OS. The molecule has 0 aliphatic carbocycles. The van der Waals surface area contributed by atoms with Gasteiger partial charge in [0.25, 0.3) is 0 Å². The second kappa shape index (κ2) is 12.7. The van der Waals surface area contributed by atoms with Crippen molar-refractivity contribution in [3.8, 4) is 5.69 Å². The topological polar surface area (TPSA) is 71.8 Å². The van der Waals surface area contributed by atoms with Gasteiger partial charge in [0.1, 0.15) is 0 Å². The zero-order chi connectivity index (χ0) is 27.9. The average molecular weight is 548 g/mol. The summed E-state index contributed by atoms with van der Waals surface area (Å²) in [5.74, 6) is 1.44. The van der Waals surface area contributed by atoms with E-state index < -0.39 is 6.04 Å². The van der Waals surface area contributed by atoms with Crippen LogP contribution >= 0.6 is 11.8 Å². The van der Waals surface area contributed by atoms with Crippen LogP contribution in [0.3, 0.4) is 0 Å². The zero-order valence-electron chi connectivity index (χ0n) is 23.0. The molecule has 0 radical (unpaired) electrons. The standard InChI is InChI=1S/C33H33N5OS/c1-23-12-16-28(17-13-23)34-32(39)35-30(21-26-9-5-4-6-10-26)31-36-37-33(38(31)29-18-14-24(2)15-19-29)40-22-27-11-7-8-25(3)20-27/h4-20,30H,21-22H2,1-3H3,(H2,34,35,39). The maximum absolute atomic E-state index is 13.2. The Bertz CT molecular complexity index is 1560. The minimum absolute atomic E-state index is 0.294. The molecule has 0 spiro atoms. The highest BCUT2D eigenvalue weighted by Crippen LogP contribution is 2.29. The minimum atomic E-state index is -0.421. The van der Waals surface area contributed by atoms with Crippen molar-refractivity contribution >= 4 is 23.5 Å². The van der Waals surface area contributed by atoms with E-state index in [4.69, 9.17) is 0 Å². The number of rotatable bonds is 9. The molecule has 0 aliphatic heterocycles. The molecule has 202 valence electrons. The van der Waals surface area contributed by atoms with Gasteiger partial charge >= 0.3 is 6.03 Å². The summed E-state index contributed by atoms with van der Waals surface area (Å²) in [5.41, 5.74) is 7.54. The minimum Gasteiger partial charge on any atom is -0.327 e. The van der Waals surface area contributed by atoms with Gasteiger partial charge in [-0.25, -0.2) is 4.79 Å². The molecule has 2 amide bonds. The first-order valence-electron chi connectivity index (χ1n) is 13.3. The summed E-state index contributed by atoms with van der Waals surface area (Å²) < 4.78 is 2.07. The number of hydrogen-bond acceptors (Lipinski definition) is 4. The van der Waals surface area contributed by atoms with Gasteiger partial charge < -0.3 is 10.6 Å². The van der Waals surface area contributed by atoms with E-state index in [1.165, 1.54) is 16.7 Å². The predicted molar refractivity (Wildman–Crippen MR) is 163 cm³/mol. The highest BCUT2D eigenvalue weighted by molar-refractivity contribution is 7.98. The van der Waals surface area contributed by atoms with Crippen LogP contribution in [-0.4, -0.2) is 20.8 Å². The first-order valence-corrected chi connectivity index (χ1v) is 14.3. The van der Waals surface area contributed by atoms with Crippen molar-refractivity contribution in [1.82, 2.24) is 20.1 Å². The molecule has 0 saturated carbocycles. The fourth-order valence-corrected chi connectivity index (χ4v) is 5.41. The third-order valence-corrected chi connectivity index (χ3v) is 7.61. The smallest absolute Gasteiger partial charge is 0.319 e. The highest BCUT2D eigenvalue weighted by Gasteiger charge is 2.25. The summed E-state index contributed by atoms with van der Waals surface area (Å²) >= 11 is 1.64. The molecule has 1 aromatic heterocycles. The summed E-state index contributed by atoms with van der Waals surface area (Å²) in [6.45, 7) is 6.19. The number of anilines is 1. The van der Waals surface area contributed by atoms with Crippen LogP contribution in [0.4, 0.5) is 10.5 Å². The van der Waals surface area contributed by atoms with E-state index in [0.717, 1.165) is 33.4 Å². The molecule has 1 unspecified atom stereocenters. The number of carbonyl (C=O) groups is 1. The van der Waals surface area contributed by atoms with Crippen LogP contribution in [0, 0.1) is 20.8 Å². The molecule has 5 aromatic rings. The van der Waals surface area contributed by atoms with Crippen molar-refractivity contribution in [1.29, 1.82) is 0 Å². The van der Waals surface area contributed by atoms with Crippen molar-refractivity contribution in [3.05, 3.63) is 137 Å². The maximum Gasteiger partial charge on any atom is 0.319 e. The van der Waals surface area contributed by atoms with Gasteiger partial charge in [0.15, 0.2) is 11.0 Å². The van der Waals surface area contributed by atoms with Gasteiger partial charge in [-0.05, 0) is 56.2 Å². The number of hydrogen-bond donors (Lipinski definition) is 2. The third kappa shape index (κ3) is 6.98. The second-order valence-corrected chi connectivity index (χ2v) is 10.9. The number of thioether (sulfide) groups is 1. The predicted octanol–water partition coefficient (Wildman–Crippen LogP) is 7.59. The van der Waals surface area contributed by atoms with Gasteiger partial charge in [-0.3, -0.25) is 4.57 Å². The SMILES string of the molecule is Cc1ccc(NC(=O)NC(Cc2ccccc2)c2nnc(SCc3cccc(C)c3)n2-c2ccc(C)cc2)cc1. The van der Waals surface area contributed by atoms with E-state index in [9.17, 15) is 4.79 Å². The molecule has 0 saturated heterocycles. The normalized spacial score (nSPS) is 11.7. The molecule has 1 heterocycles. The summed E-state index contributed by atoms with van der Waals surface area (Å²) in [5, 5.41) is 16.2. The molecule has 0 fully saturated rings. The average Bonchev–Trinajstić information content (AvgIpc) is 3.38. The Hall–Kier alpha value is -4.36. The molecule has 7 heteroatoms. The number of nitrogens with one attached hydrogen (secondary N) is 2. The lowest BCUT2D eigenvalue weighted by molar-refractivity contribution is 0.247. The van der Waals surface area contributed by atoms with E-state index in [0.29, 0.717) is 12.2 Å². The van der Waals surface area contributed by atoms with Crippen molar-refractivity contribution in [2.75, 3.05) is 5.32 Å². The summed E-state index contributed by atoms with van der Waals surface area (Å²) in [4.78, 5) is 13.2. The van der Waals surface area contributed by atoms with Crippen LogP contribution in [0.5, 0.6) is 0 Å². The van der Waals surface area contributed by atoms with E-state index in [1.807, 2.05) is 49.4 Å². The van der Waals surface area contributed by atoms with Gasteiger partial charge in [-0.2, -0.15) is 0 Å². The van der Waals surface area contributed by atoms with Gasteiger partial charge in [-0.1, -0.05) is 107 Å². The highest BCUT2D eigenvalue weighted by atomic mass is 32.2. The van der Waals surface area contributed by atoms with Crippen LogP contribution < -0.4 is 10.6 Å². The lowest BCUT2D eigenvalue weighted by atomic mass is 10.1. The molecular weight excluding hydrogens is 514 g/mol. The van der Waals surface area contributed by atoms with E-state index in [1.54, 1.807) is 11.8 Å². The zero-order valence-corrected chi connectivity index (χ0v) is 23.8. The van der Waals surface area contributed by atoms with Crippen molar-refractivity contribution in [3.63, 3.8) is 0 Å². The summed E-state index contributed by atoms with van der Waals surface area (Å²) in [7, 11) is 0. The summed E-state index contributed by atoms with van der Waals surface area (Å²) in [6.07, 6.45) is 0.564. The Morgan fingerprint density at radius 2 is 1.45 bits per heavy atom. The number of urea groups is 1. The third-order valence-electron chi connectivity index (χ3n) is 6.61. The molecule has 0 aliphatic rings. The number of aromatic nitrogens is 3. The monoisotopic (exact) mass is 547 g/mol. The maximum atomic E-state index is 13.2. The Morgan fingerprint density at radius 1 is 0.775 bits per heavy atom. The van der Waals surface area contributed by atoms with Gasteiger partial charge in [0.05, 0.1) is 6.04 Å². The van der Waals surface area contributed by atoms with E-state index in [-0.39, 0.29) is 6.03 Å². The number of nitrogens with zero attached hydrogens (tertiary/aromatic N) is 3. The molecule has 2 N–H and O–H groups in total. The number of amides is 2. The molecule has 5 rings (SSSR count). The molecule has 4 aromatic carbocycles. The van der Waals surface area contributed by atoms with Crippen LogP contribution in [0.25, 0.3) is 5.69 Å². The van der Waals surface area contributed by atoms with Gasteiger partial charge in [-0.15, -0.1) is 10.2 Å². The number of benzene rings is 4. The van der Waals surface area contributed by atoms with Crippen LogP contribution in [0.1, 0.15) is 39.7 Å². The van der Waals surface area contributed by atoms with Crippen LogP contribution in [0.15, 0.2) is 108 Å². The molecule has 6 nitrogen and oxygen atoms in total. The van der Waals surface area contributed by atoms with Crippen LogP contribution in [-0.2, 0) is 12.2 Å². The lowest BCUT2D eigenvalue weighted by Gasteiger charge is -2.21. The Kier molecular flexibility index (Phi) is 8.62. The van der Waals surface area contributed by atoms with Crippen LogP contribution in [0.2, 0.25) is 0 Å². The van der Waals surface area contributed by atoms with Gasteiger partial charge in [0, 0.05) is 23.5 Å². The van der Waals surface area contributed by atoms with Crippen molar-refractivity contribution < 1.29 is 4.79 Å². The fraction of sp³-hybridized carbons (Fsp3) is 0.182. The van der Waals surface area contributed by atoms with Crippen molar-refractivity contribution in [2.24, 2.45) is 0 Å². The summed E-state index contributed by atoms with van der Waals surface area (Å²) in [6, 6.07) is 34.0. The Labute approximate surface area is 239 Å². The van der Waals surface area contributed by atoms with Gasteiger partial charge in [0.2, 0.25) is 0 Å². The van der Waals surface area contributed by atoms with Crippen molar-refractivity contribution in [2.45, 2.75) is 44.1 Å². The first kappa shape index (κ1) is 27.2. The Balaban J connectivity index is 1.49. The molecule has 0 bridgehead atoms. The largest absolute Gasteiger partial charge is 0.327 e. The first-order chi connectivity index (χ1) is 19.4. The van der Waals surface area contributed by atoms with E-state index >= 15 is 0 Å². The molecule has 40 heavy (non-hydrogen) atoms. The fourth-order valence-electron chi connectivity index (χ4n) is 4.51. The quantitative estimate of drug-likeness (QED) is 0.187. The molecule has 1 atom stereocenters. The lowest BCUT2D eigenvalue weighted by Crippen LogP contribution is -2.35. The number of aryl methyl sites for hydroxylation is 3. The second-order valence-electron chi connectivity index (χ2n) is 10.00. The number of carbonyl (C=O) groups excluding carboxylic acids is 1.